The number of carbonyl (C=O) groups excluding carboxylic acids is 2. The van der Waals surface area contributed by atoms with Gasteiger partial charge in [-0.3, -0.25) is 9.59 Å². The highest BCUT2D eigenvalue weighted by atomic mass is 19.3. The first-order valence-electron chi connectivity index (χ1n) is 14.0. The van der Waals surface area contributed by atoms with Crippen LogP contribution in [-0.4, -0.2) is 43.5 Å². The van der Waals surface area contributed by atoms with E-state index in [1.165, 1.54) is 25.8 Å². The highest BCUT2D eigenvalue weighted by molar-refractivity contribution is 6.03. The quantitative estimate of drug-likeness (QED) is 0.189. The van der Waals surface area contributed by atoms with Crippen LogP contribution in [0.3, 0.4) is 0 Å². The van der Waals surface area contributed by atoms with E-state index in [0.29, 0.717) is 5.56 Å². The van der Waals surface area contributed by atoms with E-state index in [9.17, 15) is 22.8 Å². The Balaban J connectivity index is 1.91. The molecule has 0 spiro atoms. The van der Waals surface area contributed by atoms with Crippen LogP contribution in [0.2, 0.25) is 0 Å². The van der Waals surface area contributed by atoms with Crippen LogP contribution in [0.4, 0.5) is 23.2 Å². The van der Waals surface area contributed by atoms with Crippen LogP contribution in [0, 0.1) is 17.7 Å². The minimum Gasteiger partial charge on any atom is -0.394 e. The predicted molar refractivity (Wildman–Crippen MR) is 144 cm³/mol. The fourth-order valence-electron chi connectivity index (χ4n) is 6.00. The molecule has 6 nitrogen and oxygen atoms in total. The third-order valence-electron chi connectivity index (χ3n) is 7.97. The molecule has 3 rings (SSSR count). The molecule has 2 atom stereocenters. The second-order valence-electron chi connectivity index (χ2n) is 11.2. The van der Waals surface area contributed by atoms with E-state index >= 15 is 4.39 Å². The number of amides is 2. The molecule has 2 saturated carbocycles. The van der Waals surface area contributed by atoms with E-state index in [1.54, 1.807) is 24.3 Å². The van der Waals surface area contributed by atoms with Crippen molar-refractivity contribution in [1.29, 1.82) is 0 Å². The lowest BCUT2D eigenvalue weighted by molar-refractivity contribution is -0.126. The Morgan fingerprint density at radius 3 is 2.00 bits per heavy atom. The van der Waals surface area contributed by atoms with Crippen molar-refractivity contribution in [2.45, 2.75) is 96.3 Å². The molecule has 218 valence electrons. The van der Waals surface area contributed by atoms with Gasteiger partial charge in [0.2, 0.25) is 12.2 Å². The van der Waals surface area contributed by atoms with Crippen molar-refractivity contribution in [1.82, 2.24) is 10.2 Å². The van der Waals surface area contributed by atoms with Gasteiger partial charge >= 0.3 is 0 Å². The van der Waals surface area contributed by atoms with Crippen molar-refractivity contribution < 1.29 is 27.2 Å². The monoisotopic (exact) mass is 554 g/mol. The summed E-state index contributed by atoms with van der Waals surface area (Å²) in [6.45, 7) is 1.66. The highest BCUT2D eigenvalue weighted by Gasteiger charge is 2.31. The van der Waals surface area contributed by atoms with Crippen LogP contribution < -0.4 is 16.4 Å². The third-order valence-corrected chi connectivity index (χ3v) is 7.97. The van der Waals surface area contributed by atoms with E-state index in [1.807, 2.05) is 0 Å². The van der Waals surface area contributed by atoms with Crippen LogP contribution >= 0.6 is 0 Å². The van der Waals surface area contributed by atoms with E-state index in [4.69, 9.17) is 5.73 Å². The number of anilines is 1. The SMILES string of the molecule is CC(C(=O)NC(F)C(F)F)c1cc(F)c(NC(=O)C(N)=C(C2CCCCC2)C2CCCCC2)cc1CN(C)C. The maximum absolute atomic E-state index is 15.3. The zero-order valence-corrected chi connectivity index (χ0v) is 23.2. The molecule has 1 aromatic rings. The summed E-state index contributed by atoms with van der Waals surface area (Å²) in [5.41, 5.74) is 8.32. The molecular formula is C29H42F4N4O2. The van der Waals surface area contributed by atoms with Crippen molar-refractivity contribution in [2.24, 2.45) is 17.6 Å². The van der Waals surface area contributed by atoms with Gasteiger partial charge in [0.05, 0.1) is 17.3 Å². The molecule has 4 N–H and O–H groups in total. The molecule has 0 radical (unpaired) electrons. The number of benzene rings is 1. The number of nitrogens with zero attached hydrogens (tertiary/aromatic N) is 1. The molecule has 2 unspecified atom stereocenters. The molecule has 2 aliphatic carbocycles. The van der Waals surface area contributed by atoms with Gasteiger partial charge in [-0.2, -0.15) is 0 Å². The lowest BCUT2D eigenvalue weighted by Crippen LogP contribution is -2.39. The largest absolute Gasteiger partial charge is 0.394 e. The van der Waals surface area contributed by atoms with Gasteiger partial charge in [0, 0.05) is 6.54 Å². The average molecular weight is 555 g/mol. The zero-order valence-electron chi connectivity index (χ0n) is 23.2. The molecule has 1 aromatic carbocycles. The number of nitrogens with one attached hydrogen (secondary N) is 2. The van der Waals surface area contributed by atoms with Crippen molar-refractivity contribution in [2.75, 3.05) is 19.4 Å². The first kappa shape index (κ1) is 30.9. The molecular weight excluding hydrogens is 512 g/mol. The summed E-state index contributed by atoms with van der Waals surface area (Å²) in [5, 5.41) is 4.28. The number of allylic oxidation sites excluding steroid dienone is 1. The Morgan fingerprint density at radius 2 is 1.51 bits per heavy atom. The van der Waals surface area contributed by atoms with Gasteiger partial charge in [-0.1, -0.05) is 38.5 Å². The standard InChI is InChI=1S/C29H42F4N4O2/c1-17(28(38)36-27(33)26(31)32)21-15-22(30)23(14-20(21)16-37(2)3)35-29(39)25(34)24(18-10-6-4-7-11-18)19-12-8-5-9-13-19/h14-15,17-19,26-27H,4-13,16,34H2,1-3H3,(H,35,39)(H,36,38). The normalized spacial score (nSPS) is 18.6. The summed E-state index contributed by atoms with van der Waals surface area (Å²) >= 11 is 0. The smallest absolute Gasteiger partial charge is 0.287 e. The van der Waals surface area contributed by atoms with Gasteiger partial charge in [0.1, 0.15) is 5.82 Å². The lowest BCUT2D eigenvalue weighted by Gasteiger charge is -2.33. The molecule has 0 aromatic heterocycles. The average Bonchev–Trinajstić information content (AvgIpc) is 2.90. The van der Waals surface area contributed by atoms with E-state index in [0.717, 1.165) is 63.0 Å². The number of alkyl halides is 3. The maximum Gasteiger partial charge on any atom is 0.287 e. The van der Waals surface area contributed by atoms with Crippen LogP contribution in [-0.2, 0) is 16.1 Å². The minimum absolute atomic E-state index is 0.0845. The molecule has 39 heavy (non-hydrogen) atoms. The summed E-state index contributed by atoms with van der Waals surface area (Å²) in [6.07, 6.45) is 4.58. The van der Waals surface area contributed by atoms with Crippen LogP contribution in [0.5, 0.6) is 0 Å². The summed E-state index contributed by atoms with van der Waals surface area (Å²) < 4.78 is 53.9. The Hall–Kier alpha value is -2.62. The molecule has 10 heteroatoms. The van der Waals surface area contributed by atoms with Gasteiger partial charge in [-0.15, -0.1) is 0 Å². The Labute approximate surface area is 228 Å². The van der Waals surface area contributed by atoms with Crippen molar-refractivity contribution >= 4 is 17.5 Å². The minimum atomic E-state index is -3.37. The molecule has 0 aliphatic heterocycles. The number of carbonyl (C=O) groups is 2. The number of hydrogen-bond acceptors (Lipinski definition) is 4. The number of nitrogens with two attached hydrogens (primary N) is 1. The second kappa shape index (κ2) is 14.1. The van der Waals surface area contributed by atoms with Gasteiger partial charge in [-0.05, 0) is 87.4 Å². The van der Waals surface area contributed by atoms with Gasteiger partial charge in [0.25, 0.3) is 12.3 Å². The molecule has 2 aliphatic rings. The maximum atomic E-state index is 15.3. The summed E-state index contributed by atoms with van der Waals surface area (Å²) in [4.78, 5) is 27.6. The van der Waals surface area contributed by atoms with Gasteiger partial charge < -0.3 is 21.3 Å². The molecule has 2 fully saturated rings. The number of hydrogen-bond donors (Lipinski definition) is 3. The highest BCUT2D eigenvalue weighted by Crippen LogP contribution is 2.40. The van der Waals surface area contributed by atoms with Crippen LogP contribution in [0.25, 0.3) is 0 Å². The molecule has 2 amide bonds. The van der Waals surface area contributed by atoms with E-state index in [-0.39, 0.29) is 35.3 Å². The predicted octanol–water partition coefficient (Wildman–Crippen LogP) is 5.98. The summed E-state index contributed by atoms with van der Waals surface area (Å²) in [5.74, 6) is -2.92. The Kier molecular flexibility index (Phi) is 11.2. The summed E-state index contributed by atoms with van der Waals surface area (Å²) in [7, 11) is 3.54. The molecule has 0 bridgehead atoms. The van der Waals surface area contributed by atoms with Gasteiger partial charge in [0.15, 0.2) is 0 Å². The van der Waals surface area contributed by atoms with Crippen molar-refractivity contribution in [3.8, 4) is 0 Å². The molecule has 0 heterocycles. The lowest BCUT2D eigenvalue weighted by atomic mass is 9.73. The van der Waals surface area contributed by atoms with Crippen LogP contribution in [0.15, 0.2) is 23.4 Å². The fraction of sp³-hybridized carbons (Fsp3) is 0.655. The number of halogens is 4. The summed E-state index contributed by atoms with van der Waals surface area (Å²) in [6, 6.07) is 2.53. The second-order valence-corrected chi connectivity index (χ2v) is 11.2. The van der Waals surface area contributed by atoms with E-state index in [2.05, 4.69) is 5.32 Å². The topological polar surface area (TPSA) is 87.5 Å². The van der Waals surface area contributed by atoms with Gasteiger partial charge in [-0.25, -0.2) is 17.6 Å². The fourth-order valence-corrected chi connectivity index (χ4v) is 6.00. The third kappa shape index (κ3) is 8.19. The van der Waals surface area contributed by atoms with Crippen LogP contribution in [0.1, 0.15) is 88.2 Å². The first-order chi connectivity index (χ1) is 18.5. The first-order valence-corrected chi connectivity index (χ1v) is 14.0. The Bertz CT molecular complexity index is 1010. The van der Waals surface area contributed by atoms with Crippen molar-refractivity contribution in [3.05, 3.63) is 40.3 Å². The van der Waals surface area contributed by atoms with Crippen molar-refractivity contribution in [3.63, 3.8) is 0 Å². The zero-order chi connectivity index (χ0) is 28.7. The molecule has 0 saturated heterocycles. The van der Waals surface area contributed by atoms with E-state index < -0.39 is 36.3 Å². The Morgan fingerprint density at radius 1 is 0.974 bits per heavy atom. The number of rotatable bonds is 10.